The number of carbonyl (C=O) groups is 1. The first kappa shape index (κ1) is 15.5. The number of halogens is 2. The highest BCUT2D eigenvalue weighted by molar-refractivity contribution is 9.10. The molecule has 1 aromatic carbocycles. The van der Waals surface area contributed by atoms with Crippen molar-refractivity contribution in [2.24, 2.45) is 5.92 Å². The molecule has 1 aliphatic carbocycles. The molecule has 20 heavy (non-hydrogen) atoms. The van der Waals surface area contributed by atoms with Crippen molar-refractivity contribution < 1.29 is 9.18 Å². The Hall–Kier alpha value is -0.900. The van der Waals surface area contributed by atoms with Gasteiger partial charge in [-0.15, -0.1) is 0 Å². The van der Waals surface area contributed by atoms with Gasteiger partial charge in [0, 0.05) is 6.04 Å². The van der Waals surface area contributed by atoms with Crippen LogP contribution in [0.1, 0.15) is 38.2 Å². The third-order valence-corrected chi connectivity index (χ3v) is 4.82. The lowest BCUT2D eigenvalue weighted by molar-refractivity contribution is -0.121. The average Bonchev–Trinajstić information content (AvgIpc) is 2.43. The van der Waals surface area contributed by atoms with Crippen molar-refractivity contribution in [2.75, 3.05) is 0 Å². The first-order valence-corrected chi connectivity index (χ1v) is 8.17. The highest BCUT2D eigenvalue weighted by atomic mass is 79.9. The molecule has 0 aromatic heterocycles. The Kier molecular flexibility index (Phi) is 5.58. The molecule has 0 bridgehead atoms. The second-order valence-electron chi connectivity index (χ2n) is 5.64. The molecule has 2 nitrogen and oxygen atoms in total. The zero-order chi connectivity index (χ0) is 14.5. The van der Waals surface area contributed by atoms with Gasteiger partial charge in [0.15, 0.2) is 0 Å². The van der Waals surface area contributed by atoms with Gasteiger partial charge in [0.05, 0.1) is 4.83 Å². The molecule has 2 rings (SSSR count). The maximum atomic E-state index is 13.6. The van der Waals surface area contributed by atoms with Gasteiger partial charge in [-0.3, -0.25) is 4.79 Å². The Bertz CT molecular complexity index is 466. The molecule has 3 atom stereocenters. The van der Waals surface area contributed by atoms with Crippen LogP contribution < -0.4 is 5.32 Å². The number of benzene rings is 1. The van der Waals surface area contributed by atoms with Crippen molar-refractivity contribution in [1.82, 2.24) is 5.32 Å². The maximum absolute atomic E-state index is 13.6. The topological polar surface area (TPSA) is 29.1 Å². The Morgan fingerprint density at radius 2 is 2.10 bits per heavy atom. The smallest absolute Gasteiger partial charge is 0.234 e. The fraction of sp³-hybridized carbons (Fsp3) is 0.562. The van der Waals surface area contributed by atoms with Crippen LogP contribution in [0.2, 0.25) is 0 Å². The largest absolute Gasteiger partial charge is 0.352 e. The molecule has 3 unspecified atom stereocenters. The summed E-state index contributed by atoms with van der Waals surface area (Å²) in [5.41, 5.74) is 0.571. The highest BCUT2D eigenvalue weighted by Gasteiger charge is 2.25. The lowest BCUT2D eigenvalue weighted by Crippen LogP contribution is -2.44. The molecule has 1 aliphatic rings. The molecule has 1 N–H and O–H groups in total. The molecule has 0 aliphatic heterocycles. The van der Waals surface area contributed by atoms with Crippen LogP contribution >= 0.6 is 15.9 Å². The van der Waals surface area contributed by atoms with E-state index in [9.17, 15) is 9.18 Å². The van der Waals surface area contributed by atoms with E-state index in [-0.39, 0.29) is 22.6 Å². The number of nitrogens with one attached hydrogen (secondary N) is 1. The van der Waals surface area contributed by atoms with Crippen molar-refractivity contribution in [3.05, 3.63) is 35.6 Å². The molecule has 1 saturated carbocycles. The number of amides is 1. The first-order valence-electron chi connectivity index (χ1n) is 7.26. The minimum Gasteiger partial charge on any atom is -0.352 e. The number of hydrogen-bond acceptors (Lipinski definition) is 1. The van der Waals surface area contributed by atoms with E-state index >= 15 is 0 Å². The van der Waals surface area contributed by atoms with Crippen LogP contribution in [0.15, 0.2) is 24.3 Å². The molecule has 0 radical (unpaired) electrons. The highest BCUT2D eigenvalue weighted by Crippen LogP contribution is 2.24. The summed E-state index contributed by atoms with van der Waals surface area (Å²) >= 11 is 3.38. The van der Waals surface area contributed by atoms with Crippen LogP contribution in [0.3, 0.4) is 0 Å². The summed E-state index contributed by atoms with van der Waals surface area (Å²) in [6.45, 7) is 2.18. The second kappa shape index (κ2) is 7.21. The van der Waals surface area contributed by atoms with Crippen molar-refractivity contribution in [2.45, 2.75) is 49.9 Å². The van der Waals surface area contributed by atoms with Crippen LogP contribution in [-0.4, -0.2) is 16.8 Å². The van der Waals surface area contributed by atoms with E-state index in [1.54, 1.807) is 18.2 Å². The molecular formula is C16H21BrFNO. The summed E-state index contributed by atoms with van der Waals surface area (Å²) in [5, 5.41) is 3.10. The Balaban J connectivity index is 1.90. The second-order valence-corrected chi connectivity index (χ2v) is 6.75. The van der Waals surface area contributed by atoms with E-state index in [2.05, 4.69) is 28.2 Å². The summed E-state index contributed by atoms with van der Waals surface area (Å²) in [6, 6.07) is 6.86. The van der Waals surface area contributed by atoms with Gasteiger partial charge in [-0.25, -0.2) is 4.39 Å². The molecule has 0 heterocycles. The van der Waals surface area contributed by atoms with Gasteiger partial charge in [0.25, 0.3) is 0 Å². The number of carbonyl (C=O) groups excluding carboxylic acids is 1. The number of alkyl halides is 1. The Labute approximate surface area is 128 Å². The lowest BCUT2D eigenvalue weighted by atomic mass is 9.86. The van der Waals surface area contributed by atoms with E-state index < -0.39 is 0 Å². The zero-order valence-corrected chi connectivity index (χ0v) is 13.3. The Morgan fingerprint density at radius 1 is 1.40 bits per heavy atom. The molecule has 1 aromatic rings. The van der Waals surface area contributed by atoms with Crippen LogP contribution in [-0.2, 0) is 11.2 Å². The van der Waals surface area contributed by atoms with Crippen molar-refractivity contribution in [3.8, 4) is 0 Å². The van der Waals surface area contributed by atoms with Gasteiger partial charge in [0.2, 0.25) is 5.91 Å². The molecule has 1 fully saturated rings. The number of hydrogen-bond donors (Lipinski definition) is 1. The summed E-state index contributed by atoms with van der Waals surface area (Å²) in [7, 11) is 0. The summed E-state index contributed by atoms with van der Waals surface area (Å²) in [5.74, 6) is 0.239. The SMILES string of the molecule is CC1CCCCC1NC(=O)C(Br)Cc1ccccc1F. The van der Waals surface area contributed by atoms with Crippen molar-refractivity contribution >= 4 is 21.8 Å². The Morgan fingerprint density at radius 3 is 2.80 bits per heavy atom. The summed E-state index contributed by atoms with van der Waals surface area (Å²) in [4.78, 5) is 11.8. The summed E-state index contributed by atoms with van der Waals surface area (Å²) < 4.78 is 13.6. The third kappa shape index (κ3) is 4.05. The minimum absolute atomic E-state index is 0.0352. The van der Waals surface area contributed by atoms with E-state index in [0.717, 1.165) is 6.42 Å². The van der Waals surface area contributed by atoms with E-state index in [1.165, 1.54) is 25.3 Å². The normalized spacial score (nSPS) is 24.1. The molecule has 0 saturated heterocycles. The quantitative estimate of drug-likeness (QED) is 0.828. The molecule has 0 spiro atoms. The maximum Gasteiger partial charge on any atom is 0.234 e. The lowest BCUT2D eigenvalue weighted by Gasteiger charge is -2.30. The first-order chi connectivity index (χ1) is 9.58. The molecule has 4 heteroatoms. The van der Waals surface area contributed by atoms with E-state index in [1.807, 2.05) is 0 Å². The van der Waals surface area contributed by atoms with Crippen molar-refractivity contribution in [3.63, 3.8) is 0 Å². The predicted octanol–water partition coefficient (Wildman–Crippen LogP) is 3.83. The van der Waals surface area contributed by atoms with Crippen molar-refractivity contribution in [1.29, 1.82) is 0 Å². The number of rotatable bonds is 4. The van der Waals surface area contributed by atoms with E-state index in [0.29, 0.717) is 17.9 Å². The van der Waals surface area contributed by atoms with E-state index in [4.69, 9.17) is 0 Å². The summed E-state index contributed by atoms with van der Waals surface area (Å²) in [6.07, 6.45) is 5.02. The zero-order valence-electron chi connectivity index (χ0n) is 11.7. The molecular weight excluding hydrogens is 321 g/mol. The van der Waals surface area contributed by atoms with Gasteiger partial charge in [0.1, 0.15) is 5.82 Å². The van der Waals surface area contributed by atoms with Crippen LogP contribution in [0.5, 0.6) is 0 Å². The fourth-order valence-electron chi connectivity index (χ4n) is 2.75. The van der Waals surface area contributed by atoms with Crippen LogP contribution in [0, 0.1) is 11.7 Å². The molecule has 110 valence electrons. The van der Waals surface area contributed by atoms with Crippen LogP contribution in [0.25, 0.3) is 0 Å². The van der Waals surface area contributed by atoms with Gasteiger partial charge in [-0.1, -0.05) is 53.9 Å². The van der Waals surface area contributed by atoms with Crippen LogP contribution in [0.4, 0.5) is 4.39 Å². The van der Waals surface area contributed by atoms with Gasteiger partial charge in [-0.05, 0) is 36.8 Å². The third-order valence-electron chi connectivity index (χ3n) is 4.08. The van der Waals surface area contributed by atoms with Gasteiger partial charge >= 0.3 is 0 Å². The fourth-order valence-corrected chi connectivity index (χ4v) is 3.23. The van der Waals surface area contributed by atoms with Gasteiger partial charge in [-0.2, -0.15) is 0 Å². The average molecular weight is 342 g/mol. The predicted molar refractivity (Wildman–Crippen MR) is 82.4 cm³/mol. The molecule has 1 amide bonds. The monoisotopic (exact) mass is 341 g/mol. The minimum atomic E-state index is -0.381. The van der Waals surface area contributed by atoms with Gasteiger partial charge < -0.3 is 5.32 Å². The standard InChI is InChI=1S/C16H21BrFNO/c1-11-6-2-5-9-15(11)19-16(20)13(17)10-12-7-3-4-8-14(12)18/h3-4,7-8,11,13,15H,2,5-6,9-10H2,1H3,(H,19,20).